The molecule has 2 aliphatic rings. The van der Waals surface area contributed by atoms with Crippen molar-refractivity contribution in [3.8, 4) is 11.5 Å². The number of carbonyl (C=O) groups is 1. The molecule has 2 saturated heterocycles. The van der Waals surface area contributed by atoms with Gasteiger partial charge in [0.05, 0.1) is 0 Å². The molecule has 0 bridgehead atoms. The van der Waals surface area contributed by atoms with E-state index in [2.05, 4.69) is 5.32 Å². The number of amides is 1. The number of likely N-dealkylation sites (tertiary alicyclic amines) is 1. The number of phenols is 2. The van der Waals surface area contributed by atoms with E-state index in [-0.39, 0.29) is 17.4 Å². The van der Waals surface area contributed by atoms with Crippen LogP contribution in [0.15, 0.2) is 18.2 Å². The van der Waals surface area contributed by atoms with Crippen molar-refractivity contribution in [2.24, 2.45) is 5.92 Å². The van der Waals surface area contributed by atoms with E-state index in [1.165, 1.54) is 25.0 Å². The molecular weight excluding hydrogens is 268 g/mol. The van der Waals surface area contributed by atoms with Gasteiger partial charge in [-0.1, -0.05) is 0 Å². The van der Waals surface area contributed by atoms with Gasteiger partial charge in [0.2, 0.25) is 0 Å². The van der Waals surface area contributed by atoms with Crippen LogP contribution in [-0.4, -0.2) is 46.7 Å². The van der Waals surface area contributed by atoms with Crippen LogP contribution in [0.5, 0.6) is 11.5 Å². The highest BCUT2D eigenvalue weighted by atomic mass is 16.3. The summed E-state index contributed by atoms with van der Waals surface area (Å²) in [4.78, 5) is 14.6. The van der Waals surface area contributed by atoms with Gasteiger partial charge in [0, 0.05) is 18.2 Å². The molecule has 0 spiro atoms. The summed E-state index contributed by atoms with van der Waals surface area (Å²) in [5.74, 6) is 0.0474. The number of nitrogens with zero attached hydrogens (tertiary/aromatic N) is 1. The molecule has 5 heteroatoms. The first-order chi connectivity index (χ1) is 10.2. The van der Waals surface area contributed by atoms with E-state index in [0.717, 1.165) is 32.5 Å². The van der Waals surface area contributed by atoms with Gasteiger partial charge in [0.1, 0.15) is 0 Å². The molecule has 5 nitrogen and oxygen atoms in total. The fourth-order valence-corrected chi connectivity index (χ4v) is 3.56. The number of nitrogens with one attached hydrogen (secondary N) is 1. The number of rotatable bonds is 2. The third-order valence-corrected chi connectivity index (χ3v) is 4.66. The zero-order valence-electron chi connectivity index (χ0n) is 12.1. The predicted molar refractivity (Wildman–Crippen MR) is 79.4 cm³/mol. The number of benzene rings is 1. The van der Waals surface area contributed by atoms with Crippen LogP contribution in [0.25, 0.3) is 0 Å². The Labute approximate surface area is 124 Å². The topological polar surface area (TPSA) is 72.8 Å². The third-order valence-electron chi connectivity index (χ3n) is 4.66. The van der Waals surface area contributed by atoms with E-state index in [1.807, 2.05) is 4.90 Å². The molecule has 2 heterocycles. The van der Waals surface area contributed by atoms with E-state index in [9.17, 15) is 15.0 Å². The molecule has 1 amide bonds. The van der Waals surface area contributed by atoms with Crippen molar-refractivity contribution >= 4 is 5.91 Å². The fraction of sp³-hybridized carbons (Fsp3) is 0.562. The van der Waals surface area contributed by atoms with E-state index in [0.29, 0.717) is 17.5 Å². The smallest absolute Gasteiger partial charge is 0.254 e. The average molecular weight is 290 g/mol. The van der Waals surface area contributed by atoms with Crippen LogP contribution in [0.1, 0.15) is 36.0 Å². The Morgan fingerprint density at radius 3 is 2.76 bits per heavy atom. The molecule has 2 fully saturated rings. The summed E-state index contributed by atoms with van der Waals surface area (Å²) in [6, 6.07) is 4.59. The number of phenolic OH excluding ortho intramolecular Hbond substituents is 2. The van der Waals surface area contributed by atoms with Crippen LogP contribution in [0.3, 0.4) is 0 Å². The highest BCUT2D eigenvalue weighted by Crippen LogP contribution is 2.31. The Morgan fingerprint density at radius 1 is 1.19 bits per heavy atom. The van der Waals surface area contributed by atoms with Crippen LogP contribution in [0.2, 0.25) is 0 Å². The zero-order valence-corrected chi connectivity index (χ0v) is 12.1. The standard InChI is InChI=1S/C16H22N2O3/c19-14-6-5-11(9-15(14)20)16(21)18-8-2-4-13(18)12-3-1-7-17-10-12/h5-6,9,12-13,17,19-20H,1-4,7-8,10H2. The van der Waals surface area contributed by atoms with E-state index in [1.54, 1.807) is 6.07 Å². The van der Waals surface area contributed by atoms with Crippen LogP contribution in [0.4, 0.5) is 0 Å². The molecule has 3 N–H and O–H groups in total. The van der Waals surface area contributed by atoms with E-state index in [4.69, 9.17) is 0 Å². The molecule has 0 aliphatic carbocycles. The van der Waals surface area contributed by atoms with Gasteiger partial charge < -0.3 is 20.4 Å². The normalized spacial score (nSPS) is 26.0. The highest BCUT2D eigenvalue weighted by molar-refractivity contribution is 5.95. The number of piperidine rings is 1. The quantitative estimate of drug-likeness (QED) is 0.725. The largest absolute Gasteiger partial charge is 0.504 e. The van der Waals surface area contributed by atoms with E-state index < -0.39 is 0 Å². The Balaban J connectivity index is 1.77. The van der Waals surface area contributed by atoms with Crippen LogP contribution in [0, 0.1) is 5.92 Å². The van der Waals surface area contributed by atoms with Crippen molar-refractivity contribution in [2.75, 3.05) is 19.6 Å². The summed E-state index contributed by atoms with van der Waals surface area (Å²) in [5, 5.41) is 22.4. The lowest BCUT2D eigenvalue weighted by Gasteiger charge is -2.34. The van der Waals surface area contributed by atoms with Crippen molar-refractivity contribution in [3.05, 3.63) is 23.8 Å². The monoisotopic (exact) mass is 290 g/mol. The SMILES string of the molecule is O=C(c1ccc(O)c(O)c1)N1CCCC1C1CCCNC1. The highest BCUT2D eigenvalue weighted by Gasteiger charge is 2.35. The maximum atomic E-state index is 12.7. The van der Waals surface area contributed by atoms with E-state index >= 15 is 0 Å². The molecule has 0 radical (unpaired) electrons. The van der Waals surface area contributed by atoms with Crippen LogP contribution >= 0.6 is 0 Å². The molecule has 21 heavy (non-hydrogen) atoms. The Kier molecular flexibility index (Phi) is 4.01. The van der Waals surface area contributed by atoms with Gasteiger partial charge in [-0.25, -0.2) is 0 Å². The number of hydrogen-bond acceptors (Lipinski definition) is 4. The summed E-state index contributed by atoms with van der Waals surface area (Å²) in [6.45, 7) is 2.83. The minimum absolute atomic E-state index is 0.0432. The minimum Gasteiger partial charge on any atom is -0.504 e. The molecular formula is C16H22N2O3. The second-order valence-electron chi connectivity index (χ2n) is 6.02. The molecule has 1 aromatic carbocycles. The lowest BCUT2D eigenvalue weighted by molar-refractivity contribution is 0.0670. The van der Waals surface area contributed by atoms with Crippen molar-refractivity contribution in [3.63, 3.8) is 0 Å². The van der Waals surface area contributed by atoms with Gasteiger partial charge in [-0.2, -0.15) is 0 Å². The summed E-state index contributed by atoms with van der Waals surface area (Å²) in [7, 11) is 0. The first-order valence-electron chi connectivity index (χ1n) is 7.70. The predicted octanol–water partition coefficient (Wildman–Crippen LogP) is 1.70. The number of aromatic hydroxyl groups is 2. The lowest BCUT2D eigenvalue weighted by Crippen LogP contribution is -2.45. The Hall–Kier alpha value is -1.75. The first kappa shape index (κ1) is 14.2. The second-order valence-corrected chi connectivity index (χ2v) is 6.02. The first-order valence-corrected chi connectivity index (χ1v) is 7.70. The molecule has 3 rings (SSSR count). The molecule has 0 aromatic heterocycles. The molecule has 2 aliphatic heterocycles. The molecule has 114 valence electrons. The lowest BCUT2D eigenvalue weighted by atomic mass is 9.90. The summed E-state index contributed by atoms with van der Waals surface area (Å²) in [5.41, 5.74) is 0.445. The van der Waals surface area contributed by atoms with Gasteiger partial charge in [-0.15, -0.1) is 0 Å². The number of hydrogen-bond donors (Lipinski definition) is 3. The van der Waals surface area contributed by atoms with Crippen molar-refractivity contribution in [1.29, 1.82) is 0 Å². The van der Waals surface area contributed by atoms with Crippen molar-refractivity contribution < 1.29 is 15.0 Å². The molecule has 1 aromatic rings. The maximum Gasteiger partial charge on any atom is 0.254 e. The van der Waals surface area contributed by atoms with Crippen LogP contribution < -0.4 is 5.32 Å². The molecule has 2 unspecified atom stereocenters. The van der Waals surface area contributed by atoms with Gasteiger partial charge in [0.25, 0.3) is 5.91 Å². The van der Waals surface area contributed by atoms with Gasteiger partial charge in [-0.05, 0) is 62.9 Å². The average Bonchev–Trinajstić information content (AvgIpc) is 2.99. The molecule has 2 atom stereocenters. The fourth-order valence-electron chi connectivity index (χ4n) is 3.56. The minimum atomic E-state index is -0.240. The number of carbonyl (C=O) groups excluding carboxylic acids is 1. The Morgan fingerprint density at radius 2 is 2.05 bits per heavy atom. The van der Waals surface area contributed by atoms with Gasteiger partial charge in [0.15, 0.2) is 11.5 Å². The Bertz CT molecular complexity index is 526. The van der Waals surface area contributed by atoms with Crippen LogP contribution in [-0.2, 0) is 0 Å². The van der Waals surface area contributed by atoms with Gasteiger partial charge in [-0.3, -0.25) is 4.79 Å². The van der Waals surface area contributed by atoms with Gasteiger partial charge >= 0.3 is 0 Å². The third kappa shape index (κ3) is 2.83. The summed E-state index contributed by atoms with van der Waals surface area (Å²) < 4.78 is 0. The summed E-state index contributed by atoms with van der Waals surface area (Å²) in [6.07, 6.45) is 4.44. The zero-order chi connectivity index (χ0) is 14.8. The maximum absolute atomic E-state index is 12.7. The van der Waals surface area contributed by atoms with Crippen molar-refractivity contribution in [2.45, 2.75) is 31.7 Å². The second kappa shape index (κ2) is 5.93. The summed E-state index contributed by atoms with van der Waals surface area (Å²) >= 11 is 0. The molecule has 0 saturated carbocycles. The van der Waals surface area contributed by atoms with Crippen molar-refractivity contribution in [1.82, 2.24) is 10.2 Å².